The van der Waals surface area contributed by atoms with Gasteiger partial charge in [0.2, 0.25) is 0 Å². The zero-order valence-corrected chi connectivity index (χ0v) is 5.90. The van der Waals surface area contributed by atoms with Crippen LogP contribution in [0.1, 0.15) is 0 Å². The largest absolute Gasteiger partial charge is 2.00 e. The predicted molar refractivity (Wildman–Crippen MR) is 23.3 cm³/mol. The Hall–Kier alpha value is 0.336. The van der Waals surface area contributed by atoms with Gasteiger partial charge >= 0.3 is 23.1 Å². The minimum absolute atomic E-state index is 0. The minimum atomic E-state index is 0. The Bertz CT molecular complexity index is 68.2. The van der Waals surface area contributed by atoms with Gasteiger partial charge in [0.25, 0.3) is 0 Å². The van der Waals surface area contributed by atoms with Crippen molar-refractivity contribution in [3.05, 3.63) is 24.7 Å². The maximum Gasteiger partial charge on any atom is 2.00 e. The zero-order valence-electron chi connectivity index (χ0n) is 3.73. The van der Waals surface area contributed by atoms with E-state index in [1.165, 1.54) is 6.26 Å². The van der Waals surface area contributed by atoms with Crippen molar-refractivity contribution in [3.63, 3.8) is 0 Å². The molecule has 1 nitrogen and oxygen atoms in total. The molecule has 1 aromatic heterocycles. The first kappa shape index (κ1) is 10.3. The van der Waals surface area contributed by atoms with Gasteiger partial charge in [-0.1, -0.05) is 6.26 Å². The smallest absolute Gasteiger partial charge is 1.00 e. The molecule has 0 aliphatic rings. The summed E-state index contributed by atoms with van der Waals surface area (Å²) in [7, 11) is 0. The van der Waals surface area contributed by atoms with Crippen LogP contribution in [0.4, 0.5) is 0 Å². The SMILES string of the molecule is [Cl-].[Mg+2].[c-]1ccoc1. The van der Waals surface area contributed by atoms with Crippen molar-refractivity contribution in [1.29, 1.82) is 0 Å². The third kappa shape index (κ3) is 4.18. The van der Waals surface area contributed by atoms with Gasteiger partial charge in [-0.2, -0.15) is 6.07 Å². The van der Waals surface area contributed by atoms with Crippen LogP contribution in [0.15, 0.2) is 23.0 Å². The predicted octanol–water partition coefficient (Wildman–Crippen LogP) is -2.30. The second-order valence-electron chi connectivity index (χ2n) is 0.723. The van der Waals surface area contributed by atoms with Crippen LogP contribution in [-0.2, 0) is 0 Å². The summed E-state index contributed by atoms with van der Waals surface area (Å²) in [6.45, 7) is 0. The molecule has 7 heavy (non-hydrogen) atoms. The molecule has 0 spiro atoms. The Kier molecular flexibility index (Phi) is 9.36. The van der Waals surface area contributed by atoms with Crippen molar-refractivity contribution >= 4 is 23.1 Å². The normalized spacial score (nSPS) is 5.71. The number of halogens is 1. The second kappa shape index (κ2) is 6.34. The molecule has 1 heterocycles. The summed E-state index contributed by atoms with van der Waals surface area (Å²) in [5, 5.41) is 0. The molecule has 0 aliphatic heterocycles. The minimum Gasteiger partial charge on any atom is -1.00 e. The summed E-state index contributed by atoms with van der Waals surface area (Å²) < 4.78 is 4.53. The van der Waals surface area contributed by atoms with Gasteiger partial charge in [-0.3, -0.25) is 0 Å². The molecular formula is C4H3ClMgO. The molecular weight excluding hydrogens is 124 g/mol. The molecule has 0 aromatic carbocycles. The van der Waals surface area contributed by atoms with E-state index in [9.17, 15) is 0 Å². The van der Waals surface area contributed by atoms with Crippen LogP contribution in [0.25, 0.3) is 0 Å². The summed E-state index contributed by atoms with van der Waals surface area (Å²) in [6.07, 6.45) is 3.07. The Morgan fingerprint density at radius 1 is 1.43 bits per heavy atom. The molecule has 0 bridgehead atoms. The van der Waals surface area contributed by atoms with Crippen LogP contribution in [0.2, 0.25) is 0 Å². The third-order valence-corrected chi connectivity index (χ3v) is 0.379. The summed E-state index contributed by atoms with van der Waals surface area (Å²) in [5.41, 5.74) is 0. The summed E-state index contributed by atoms with van der Waals surface area (Å²) in [6, 6.07) is 4.40. The van der Waals surface area contributed by atoms with Gasteiger partial charge in [0, 0.05) is 0 Å². The molecule has 0 saturated heterocycles. The Labute approximate surface area is 64.6 Å². The van der Waals surface area contributed by atoms with E-state index in [0.717, 1.165) is 0 Å². The van der Waals surface area contributed by atoms with E-state index in [1.54, 1.807) is 12.3 Å². The fraction of sp³-hybridized carbons (Fsp3) is 0. The third-order valence-electron chi connectivity index (χ3n) is 0.379. The maximum absolute atomic E-state index is 4.53. The maximum atomic E-state index is 4.53. The first-order valence-corrected chi connectivity index (χ1v) is 1.38. The van der Waals surface area contributed by atoms with E-state index in [-0.39, 0.29) is 35.5 Å². The summed E-state index contributed by atoms with van der Waals surface area (Å²) in [5.74, 6) is 0. The Morgan fingerprint density at radius 3 is 2.29 bits per heavy atom. The fourth-order valence-corrected chi connectivity index (χ4v) is 0.196. The standard InChI is InChI=1S/C4H3O.ClH.Mg/c1-2-4-5-3-1;;/h1,3-4H;1H;/q-1;;+2/p-1. The van der Waals surface area contributed by atoms with Crippen LogP contribution in [0.5, 0.6) is 0 Å². The van der Waals surface area contributed by atoms with E-state index in [4.69, 9.17) is 0 Å². The number of hydrogen-bond acceptors (Lipinski definition) is 1. The molecule has 0 atom stereocenters. The van der Waals surface area contributed by atoms with Gasteiger partial charge in [0.05, 0.1) is 0 Å². The summed E-state index contributed by atoms with van der Waals surface area (Å²) >= 11 is 0. The van der Waals surface area contributed by atoms with Crippen molar-refractivity contribution in [2.24, 2.45) is 0 Å². The van der Waals surface area contributed by atoms with Gasteiger partial charge in [-0.05, 0) is 6.26 Å². The molecule has 0 radical (unpaired) electrons. The first-order valence-electron chi connectivity index (χ1n) is 1.38. The van der Waals surface area contributed by atoms with Crippen molar-refractivity contribution in [3.8, 4) is 0 Å². The molecule has 0 saturated carbocycles. The van der Waals surface area contributed by atoms with E-state index >= 15 is 0 Å². The summed E-state index contributed by atoms with van der Waals surface area (Å²) in [4.78, 5) is 0. The molecule has 0 N–H and O–H groups in total. The Morgan fingerprint density at radius 2 is 2.14 bits per heavy atom. The fourth-order valence-electron chi connectivity index (χ4n) is 0.196. The van der Waals surface area contributed by atoms with Crippen molar-refractivity contribution in [1.82, 2.24) is 0 Å². The molecule has 0 aliphatic carbocycles. The van der Waals surface area contributed by atoms with Crippen LogP contribution < -0.4 is 12.4 Å². The quantitative estimate of drug-likeness (QED) is 0.282. The topological polar surface area (TPSA) is 13.1 Å². The van der Waals surface area contributed by atoms with E-state index in [0.29, 0.717) is 0 Å². The van der Waals surface area contributed by atoms with E-state index in [1.807, 2.05) is 0 Å². The average Bonchev–Trinajstić information content (AvgIpc) is 1.76. The van der Waals surface area contributed by atoms with Crippen molar-refractivity contribution in [2.75, 3.05) is 0 Å². The number of hydrogen-bond donors (Lipinski definition) is 0. The number of furan rings is 1. The van der Waals surface area contributed by atoms with Gasteiger partial charge in [-0.25, -0.2) is 6.07 Å². The van der Waals surface area contributed by atoms with E-state index in [2.05, 4.69) is 10.5 Å². The first-order chi connectivity index (χ1) is 2.50. The average molecular weight is 127 g/mol. The molecule has 1 rings (SSSR count). The van der Waals surface area contributed by atoms with Crippen molar-refractivity contribution in [2.45, 2.75) is 0 Å². The van der Waals surface area contributed by atoms with Gasteiger partial charge in [0.15, 0.2) is 0 Å². The van der Waals surface area contributed by atoms with E-state index < -0.39 is 0 Å². The van der Waals surface area contributed by atoms with Crippen LogP contribution in [0, 0.1) is 6.07 Å². The van der Waals surface area contributed by atoms with Crippen LogP contribution in [-0.4, -0.2) is 23.1 Å². The monoisotopic (exact) mass is 126 g/mol. The second-order valence-corrected chi connectivity index (χ2v) is 0.723. The van der Waals surface area contributed by atoms with Gasteiger partial charge < -0.3 is 16.8 Å². The number of rotatable bonds is 0. The van der Waals surface area contributed by atoms with Crippen molar-refractivity contribution < 1.29 is 16.8 Å². The van der Waals surface area contributed by atoms with Gasteiger partial charge in [-0.15, -0.1) is 0 Å². The Balaban J connectivity index is 0. The molecule has 1 aromatic rings. The van der Waals surface area contributed by atoms with Crippen LogP contribution >= 0.6 is 0 Å². The molecule has 34 valence electrons. The molecule has 0 fully saturated rings. The molecule has 0 unspecified atom stereocenters. The zero-order chi connectivity index (χ0) is 3.54. The molecule has 0 amide bonds. The van der Waals surface area contributed by atoms with Crippen LogP contribution in [0.3, 0.4) is 0 Å². The van der Waals surface area contributed by atoms with Gasteiger partial charge in [0.1, 0.15) is 0 Å². The molecule has 3 heteroatoms.